The minimum atomic E-state index is -0.652. The zero-order chi connectivity index (χ0) is 19.3. The molecule has 2 rings (SSSR count). The number of nitrogens with zero attached hydrogens (tertiary/aromatic N) is 2. The number of aryl methyl sites for hydroxylation is 2. The second-order valence-electron chi connectivity index (χ2n) is 6.06. The maximum Gasteiger partial charge on any atom is 0.173 e. The molecule has 0 radical (unpaired) electrons. The molecule has 26 heavy (non-hydrogen) atoms. The lowest BCUT2D eigenvalue weighted by molar-refractivity contribution is 0.102. The average Bonchev–Trinajstić information content (AvgIpc) is 2.60. The Kier molecular flexibility index (Phi) is 6.91. The van der Waals surface area contributed by atoms with Crippen LogP contribution >= 0.6 is 11.8 Å². The lowest BCUT2D eigenvalue weighted by atomic mass is 10.0. The number of thioether (sulfide) groups is 1. The van der Waals surface area contributed by atoms with Gasteiger partial charge < -0.3 is 4.90 Å². The Morgan fingerprint density at radius 1 is 1.19 bits per heavy atom. The van der Waals surface area contributed by atoms with E-state index in [1.165, 1.54) is 12.1 Å². The number of hydrogen-bond acceptors (Lipinski definition) is 3. The highest BCUT2D eigenvalue weighted by atomic mass is 32.2. The van der Waals surface area contributed by atoms with E-state index in [0.29, 0.717) is 5.56 Å². The van der Waals surface area contributed by atoms with Crippen LogP contribution < -0.4 is 0 Å². The Bertz CT molecular complexity index is 837. The molecular weight excluding hydrogens is 354 g/mol. The van der Waals surface area contributed by atoms with Gasteiger partial charge in [-0.25, -0.2) is 13.8 Å². The van der Waals surface area contributed by atoms with Gasteiger partial charge in [-0.05, 0) is 56.2 Å². The number of hydrogen-bond donors (Lipinski definition) is 0. The van der Waals surface area contributed by atoms with Crippen LogP contribution in [-0.4, -0.2) is 36.4 Å². The summed E-state index contributed by atoms with van der Waals surface area (Å²) in [5, 5.41) is 0. The fourth-order valence-electron chi connectivity index (χ4n) is 2.30. The van der Waals surface area contributed by atoms with Crippen molar-refractivity contribution in [1.82, 2.24) is 4.90 Å². The first-order valence-corrected chi connectivity index (χ1v) is 9.27. The lowest BCUT2D eigenvalue weighted by Crippen LogP contribution is -2.14. The van der Waals surface area contributed by atoms with E-state index >= 15 is 0 Å². The molecular formula is C20H22F2N2OS. The van der Waals surface area contributed by atoms with Crippen molar-refractivity contribution in [2.45, 2.75) is 25.7 Å². The third-order valence-corrected chi connectivity index (χ3v) is 5.04. The predicted molar refractivity (Wildman–Crippen MR) is 104 cm³/mol. The monoisotopic (exact) mass is 376 g/mol. The van der Waals surface area contributed by atoms with Crippen LogP contribution in [0.4, 0.5) is 14.5 Å². The van der Waals surface area contributed by atoms with Gasteiger partial charge >= 0.3 is 0 Å². The molecule has 0 heterocycles. The highest BCUT2D eigenvalue weighted by Crippen LogP contribution is 2.27. The number of rotatable bonds is 7. The number of benzene rings is 2. The summed E-state index contributed by atoms with van der Waals surface area (Å²) in [6, 6.07) is 7.06. The minimum Gasteiger partial charge on any atom is -0.366 e. The van der Waals surface area contributed by atoms with Crippen molar-refractivity contribution in [2.24, 2.45) is 4.99 Å². The summed E-state index contributed by atoms with van der Waals surface area (Å²) < 4.78 is 26.6. The standard InChI is InChI=1S/C20H22F2N2OS/c1-5-24(4)12-23-18-9-13(2)16(8-14(18)3)19(25)11-26-20-7-6-15(21)10-17(20)22/h6-10,12H,5,11H2,1-4H3/b23-12-. The van der Waals surface area contributed by atoms with E-state index in [-0.39, 0.29) is 16.4 Å². The van der Waals surface area contributed by atoms with Gasteiger partial charge in [0, 0.05) is 30.1 Å². The topological polar surface area (TPSA) is 32.7 Å². The van der Waals surface area contributed by atoms with E-state index in [9.17, 15) is 13.6 Å². The van der Waals surface area contributed by atoms with Crippen molar-refractivity contribution < 1.29 is 13.6 Å². The molecule has 2 aromatic rings. The van der Waals surface area contributed by atoms with Crippen molar-refractivity contribution in [3.63, 3.8) is 0 Å². The fraction of sp³-hybridized carbons (Fsp3) is 0.300. The fourth-order valence-corrected chi connectivity index (χ4v) is 3.10. The molecule has 6 heteroatoms. The molecule has 0 aromatic heterocycles. The molecule has 0 N–H and O–H groups in total. The molecule has 0 saturated heterocycles. The zero-order valence-electron chi connectivity index (χ0n) is 15.3. The molecule has 2 aromatic carbocycles. The number of carbonyl (C=O) groups is 1. The molecule has 0 spiro atoms. The van der Waals surface area contributed by atoms with Gasteiger partial charge in [-0.3, -0.25) is 4.79 Å². The molecule has 0 fully saturated rings. The smallest absolute Gasteiger partial charge is 0.173 e. The summed E-state index contributed by atoms with van der Waals surface area (Å²) in [6.45, 7) is 6.66. The molecule has 138 valence electrons. The van der Waals surface area contributed by atoms with E-state index in [1.807, 2.05) is 44.9 Å². The largest absolute Gasteiger partial charge is 0.366 e. The predicted octanol–water partition coefficient (Wildman–Crippen LogP) is 5.17. The highest BCUT2D eigenvalue weighted by molar-refractivity contribution is 8.00. The van der Waals surface area contributed by atoms with Crippen molar-refractivity contribution in [3.8, 4) is 0 Å². The Labute approximate surface area is 157 Å². The lowest BCUT2D eigenvalue weighted by Gasteiger charge is -2.11. The van der Waals surface area contributed by atoms with Gasteiger partial charge in [0.1, 0.15) is 11.6 Å². The molecule has 0 amide bonds. The Morgan fingerprint density at radius 3 is 2.58 bits per heavy atom. The van der Waals surface area contributed by atoms with Crippen LogP contribution in [0.5, 0.6) is 0 Å². The van der Waals surface area contributed by atoms with Gasteiger partial charge in [0.05, 0.1) is 17.8 Å². The second kappa shape index (κ2) is 8.94. The van der Waals surface area contributed by atoms with Crippen molar-refractivity contribution in [2.75, 3.05) is 19.3 Å². The van der Waals surface area contributed by atoms with Crippen LogP contribution in [-0.2, 0) is 0 Å². The zero-order valence-corrected chi connectivity index (χ0v) is 16.2. The molecule has 0 unspecified atom stereocenters. The van der Waals surface area contributed by atoms with Crippen molar-refractivity contribution in [1.29, 1.82) is 0 Å². The molecule has 0 aliphatic heterocycles. The van der Waals surface area contributed by atoms with Crippen LogP contribution in [0.25, 0.3) is 0 Å². The molecule has 0 saturated carbocycles. The molecule has 0 atom stereocenters. The van der Waals surface area contributed by atoms with Crippen LogP contribution in [0.1, 0.15) is 28.4 Å². The quantitative estimate of drug-likeness (QED) is 0.289. The normalized spacial score (nSPS) is 11.2. The number of carbonyl (C=O) groups excluding carboxylic acids is 1. The summed E-state index contributed by atoms with van der Waals surface area (Å²) in [5.41, 5.74) is 3.14. The number of ketones is 1. The first-order valence-electron chi connectivity index (χ1n) is 8.28. The van der Waals surface area contributed by atoms with Crippen molar-refractivity contribution >= 4 is 29.6 Å². The minimum absolute atomic E-state index is 0.0873. The van der Waals surface area contributed by atoms with Gasteiger partial charge in [-0.1, -0.05) is 0 Å². The van der Waals surface area contributed by atoms with Gasteiger partial charge in [-0.2, -0.15) is 0 Å². The summed E-state index contributed by atoms with van der Waals surface area (Å²) in [6.07, 6.45) is 1.76. The van der Waals surface area contributed by atoms with Crippen LogP contribution in [0.2, 0.25) is 0 Å². The number of halogens is 2. The molecule has 0 bridgehead atoms. The number of Topliss-reactive ketones (excluding diaryl/α,β-unsaturated/α-hetero) is 1. The van der Waals surface area contributed by atoms with Gasteiger partial charge in [-0.15, -0.1) is 11.8 Å². The molecule has 0 aliphatic rings. The van der Waals surface area contributed by atoms with Crippen LogP contribution in [0, 0.1) is 25.5 Å². The summed E-state index contributed by atoms with van der Waals surface area (Å²) in [7, 11) is 1.94. The van der Waals surface area contributed by atoms with E-state index in [4.69, 9.17) is 0 Å². The molecule has 3 nitrogen and oxygen atoms in total. The van der Waals surface area contributed by atoms with Crippen LogP contribution in [0.3, 0.4) is 0 Å². The highest BCUT2D eigenvalue weighted by Gasteiger charge is 2.14. The van der Waals surface area contributed by atoms with Crippen molar-refractivity contribution in [3.05, 3.63) is 58.7 Å². The Hall–Kier alpha value is -2.21. The third-order valence-electron chi connectivity index (χ3n) is 3.99. The van der Waals surface area contributed by atoms with E-state index in [0.717, 1.165) is 41.2 Å². The van der Waals surface area contributed by atoms with Crippen LogP contribution in [0.15, 0.2) is 40.2 Å². The first kappa shape index (κ1) is 20.1. The Balaban J connectivity index is 2.13. The SMILES string of the molecule is CCN(C)/C=N\c1cc(C)c(C(=O)CSc2ccc(F)cc2F)cc1C. The average molecular weight is 376 g/mol. The summed E-state index contributed by atoms with van der Waals surface area (Å²) >= 11 is 1.07. The summed E-state index contributed by atoms with van der Waals surface area (Å²) in [4.78, 5) is 19.2. The third kappa shape index (κ3) is 5.14. The number of aliphatic imine (C=N–C) groups is 1. The van der Waals surface area contributed by atoms with E-state index in [1.54, 1.807) is 6.34 Å². The Morgan fingerprint density at radius 2 is 1.92 bits per heavy atom. The maximum absolute atomic E-state index is 13.7. The van der Waals surface area contributed by atoms with Gasteiger partial charge in [0.15, 0.2) is 5.78 Å². The summed E-state index contributed by atoms with van der Waals surface area (Å²) in [5.74, 6) is -1.29. The van der Waals surface area contributed by atoms with Gasteiger partial charge in [0.2, 0.25) is 0 Å². The van der Waals surface area contributed by atoms with E-state index < -0.39 is 11.6 Å². The van der Waals surface area contributed by atoms with Gasteiger partial charge in [0.25, 0.3) is 0 Å². The molecule has 0 aliphatic carbocycles. The first-order chi connectivity index (χ1) is 12.3. The maximum atomic E-state index is 13.7. The second-order valence-corrected chi connectivity index (χ2v) is 7.08. The van der Waals surface area contributed by atoms with E-state index in [2.05, 4.69) is 4.99 Å².